The van der Waals surface area contributed by atoms with Crippen molar-refractivity contribution in [2.45, 2.75) is 39.3 Å². The van der Waals surface area contributed by atoms with Gasteiger partial charge in [-0.15, -0.1) is 0 Å². The first-order valence-electron chi connectivity index (χ1n) is 6.22. The molecule has 2 atom stereocenters. The second kappa shape index (κ2) is 6.13. The summed E-state index contributed by atoms with van der Waals surface area (Å²) in [5.74, 6) is 0.223. The average Bonchev–Trinajstić information content (AvgIpc) is 2.65. The fourth-order valence-corrected chi connectivity index (χ4v) is 3.44. The van der Waals surface area contributed by atoms with Gasteiger partial charge in [-0.05, 0) is 19.3 Å². The Kier molecular flexibility index (Phi) is 5.37. The molecule has 0 saturated carbocycles. The number of nitrogens with zero attached hydrogens (tertiary/aromatic N) is 1. The van der Waals surface area contributed by atoms with E-state index in [1.165, 1.54) is 4.31 Å². The van der Waals surface area contributed by atoms with Crippen molar-refractivity contribution >= 4 is 10.0 Å². The molecule has 1 aliphatic heterocycles. The van der Waals surface area contributed by atoms with Gasteiger partial charge in [0.15, 0.2) is 0 Å². The molecule has 2 unspecified atom stereocenters. The third kappa shape index (κ3) is 4.54. The van der Waals surface area contributed by atoms with Crippen LogP contribution in [0.5, 0.6) is 0 Å². The van der Waals surface area contributed by atoms with Crippen LogP contribution in [-0.2, 0) is 10.0 Å². The van der Waals surface area contributed by atoms with Crippen molar-refractivity contribution in [3.63, 3.8) is 0 Å². The molecular weight excluding hydrogens is 240 g/mol. The largest absolute Gasteiger partial charge is 0.393 e. The molecule has 1 aliphatic rings. The lowest BCUT2D eigenvalue weighted by Gasteiger charge is -2.18. The van der Waals surface area contributed by atoms with Crippen LogP contribution in [0.25, 0.3) is 0 Å². The van der Waals surface area contributed by atoms with Crippen molar-refractivity contribution in [2.24, 2.45) is 5.92 Å². The number of hydrogen-bond acceptors (Lipinski definition) is 4. The van der Waals surface area contributed by atoms with Crippen LogP contribution in [0.15, 0.2) is 0 Å². The second-order valence-corrected chi connectivity index (χ2v) is 7.16. The van der Waals surface area contributed by atoms with E-state index in [0.717, 1.165) is 6.42 Å². The summed E-state index contributed by atoms with van der Waals surface area (Å²) in [5.41, 5.74) is 0. The molecule has 0 radical (unpaired) electrons. The average molecular weight is 264 g/mol. The zero-order valence-electron chi connectivity index (χ0n) is 10.9. The Morgan fingerprint density at radius 3 is 2.53 bits per heavy atom. The first-order valence-corrected chi connectivity index (χ1v) is 7.83. The van der Waals surface area contributed by atoms with Gasteiger partial charge in [0, 0.05) is 25.7 Å². The van der Waals surface area contributed by atoms with Gasteiger partial charge in [0.05, 0.1) is 11.9 Å². The van der Waals surface area contributed by atoms with Gasteiger partial charge >= 0.3 is 0 Å². The smallest absolute Gasteiger partial charge is 0.215 e. The molecule has 0 bridgehead atoms. The maximum Gasteiger partial charge on any atom is 0.215 e. The number of rotatable bonds is 6. The van der Waals surface area contributed by atoms with E-state index in [1.54, 1.807) is 6.92 Å². The minimum Gasteiger partial charge on any atom is -0.393 e. The molecule has 102 valence electrons. The molecule has 5 nitrogen and oxygen atoms in total. The summed E-state index contributed by atoms with van der Waals surface area (Å²) in [6, 6.07) is 0.300. The maximum atomic E-state index is 12.0. The van der Waals surface area contributed by atoms with Gasteiger partial charge in [0.25, 0.3) is 0 Å². The molecule has 0 aromatic carbocycles. The molecule has 6 heteroatoms. The van der Waals surface area contributed by atoms with Crippen LogP contribution >= 0.6 is 0 Å². The van der Waals surface area contributed by atoms with E-state index in [0.29, 0.717) is 25.7 Å². The van der Waals surface area contributed by atoms with Gasteiger partial charge < -0.3 is 10.4 Å². The third-order valence-corrected chi connectivity index (χ3v) is 5.01. The van der Waals surface area contributed by atoms with Crippen molar-refractivity contribution in [1.29, 1.82) is 0 Å². The Balaban J connectivity index is 2.44. The summed E-state index contributed by atoms with van der Waals surface area (Å²) in [7, 11) is -3.16. The lowest BCUT2D eigenvalue weighted by Crippen LogP contribution is -2.37. The molecule has 0 amide bonds. The molecule has 1 rings (SSSR count). The summed E-state index contributed by atoms with van der Waals surface area (Å²) in [6.45, 7) is 7.19. The van der Waals surface area contributed by atoms with Gasteiger partial charge in [0.1, 0.15) is 0 Å². The second-order valence-electron chi connectivity index (χ2n) is 5.07. The molecule has 1 saturated heterocycles. The predicted octanol–water partition coefficient (Wildman–Crippen LogP) is 0.0169. The van der Waals surface area contributed by atoms with Crippen molar-refractivity contribution in [2.75, 3.05) is 25.4 Å². The van der Waals surface area contributed by atoms with E-state index < -0.39 is 16.1 Å². The fraction of sp³-hybridized carbons (Fsp3) is 1.00. The van der Waals surface area contributed by atoms with Crippen LogP contribution in [0, 0.1) is 5.92 Å². The molecule has 0 aromatic heterocycles. The lowest BCUT2D eigenvalue weighted by molar-refractivity contribution is 0.133. The number of aliphatic hydroxyl groups is 1. The molecule has 0 aromatic rings. The quantitative estimate of drug-likeness (QED) is 0.709. The number of sulfonamides is 1. The highest BCUT2D eigenvalue weighted by atomic mass is 32.2. The zero-order valence-corrected chi connectivity index (χ0v) is 11.7. The fourth-order valence-electron chi connectivity index (χ4n) is 2.01. The van der Waals surface area contributed by atoms with E-state index in [2.05, 4.69) is 5.32 Å². The number of aliphatic hydroxyl groups excluding tert-OH is 1. The Bertz CT molecular complexity index is 328. The minimum atomic E-state index is -3.16. The molecule has 1 fully saturated rings. The SMILES string of the molecule is CC(C)NCCS(=O)(=O)N1CCC(C(C)O)C1. The van der Waals surface area contributed by atoms with Crippen LogP contribution in [0.4, 0.5) is 0 Å². The van der Waals surface area contributed by atoms with E-state index >= 15 is 0 Å². The monoisotopic (exact) mass is 264 g/mol. The van der Waals surface area contributed by atoms with E-state index in [1.807, 2.05) is 13.8 Å². The lowest BCUT2D eigenvalue weighted by atomic mass is 10.0. The van der Waals surface area contributed by atoms with Gasteiger partial charge in [-0.25, -0.2) is 12.7 Å². The normalized spacial score (nSPS) is 24.4. The van der Waals surface area contributed by atoms with Crippen LogP contribution < -0.4 is 5.32 Å². The van der Waals surface area contributed by atoms with Crippen LogP contribution in [0.1, 0.15) is 27.2 Å². The summed E-state index contributed by atoms with van der Waals surface area (Å²) < 4.78 is 25.5. The molecule has 0 aliphatic carbocycles. The summed E-state index contributed by atoms with van der Waals surface area (Å²) in [4.78, 5) is 0. The molecule has 2 N–H and O–H groups in total. The maximum absolute atomic E-state index is 12.0. The summed E-state index contributed by atoms with van der Waals surface area (Å²) >= 11 is 0. The van der Waals surface area contributed by atoms with Gasteiger partial charge in [-0.3, -0.25) is 0 Å². The van der Waals surface area contributed by atoms with Gasteiger partial charge in [-0.1, -0.05) is 13.8 Å². The zero-order chi connectivity index (χ0) is 13.1. The Labute approximate surface area is 104 Å². The standard InChI is InChI=1S/C11H24N2O3S/c1-9(2)12-5-7-17(15,16)13-6-4-11(8-13)10(3)14/h9-12,14H,4-8H2,1-3H3. The Morgan fingerprint density at radius 2 is 2.06 bits per heavy atom. The Hall–Kier alpha value is -0.170. The first-order chi connectivity index (χ1) is 7.83. The number of hydrogen-bond donors (Lipinski definition) is 2. The van der Waals surface area contributed by atoms with Crippen molar-refractivity contribution in [3.05, 3.63) is 0 Å². The summed E-state index contributed by atoms with van der Waals surface area (Å²) in [5, 5.41) is 12.6. The highest BCUT2D eigenvalue weighted by Gasteiger charge is 2.32. The van der Waals surface area contributed by atoms with E-state index in [4.69, 9.17) is 0 Å². The molecule has 0 spiro atoms. The predicted molar refractivity (Wildman–Crippen MR) is 68.3 cm³/mol. The van der Waals surface area contributed by atoms with E-state index in [-0.39, 0.29) is 11.7 Å². The van der Waals surface area contributed by atoms with E-state index in [9.17, 15) is 13.5 Å². The Morgan fingerprint density at radius 1 is 1.41 bits per heavy atom. The van der Waals surface area contributed by atoms with Crippen LogP contribution in [0.3, 0.4) is 0 Å². The van der Waals surface area contributed by atoms with Gasteiger partial charge in [-0.2, -0.15) is 0 Å². The van der Waals surface area contributed by atoms with Crippen LogP contribution in [-0.4, -0.2) is 55.4 Å². The third-order valence-electron chi connectivity index (χ3n) is 3.18. The molecule has 1 heterocycles. The highest BCUT2D eigenvalue weighted by molar-refractivity contribution is 7.89. The van der Waals surface area contributed by atoms with Crippen molar-refractivity contribution in [3.8, 4) is 0 Å². The highest BCUT2D eigenvalue weighted by Crippen LogP contribution is 2.22. The molecular formula is C11H24N2O3S. The molecule has 17 heavy (non-hydrogen) atoms. The minimum absolute atomic E-state index is 0.0860. The first kappa shape index (κ1) is 14.9. The van der Waals surface area contributed by atoms with Crippen molar-refractivity contribution < 1.29 is 13.5 Å². The van der Waals surface area contributed by atoms with Gasteiger partial charge in [0.2, 0.25) is 10.0 Å². The van der Waals surface area contributed by atoms with Crippen molar-refractivity contribution in [1.82, 2.24) is 9.62 Å². The summed E-state index contributed by atoms with van der Waals surface area (Å²) in [6.07, 6.45) is 0.332. The number of nitrogens with one attached hydrogen (secondary N) is 1. The topological polar surface area (TPSA) is 69.6 Å². The van der Waals surface area contributed by atoms with Crippen LogP contribution in [0.2, 0.25) is 0 Å².